The van der Waals surface area contributed by atoms with Crippen molar-refractivity contribution < 1.29 is 4.43 Å². The SMILES string of the molecule is CC(C)C(C)(C)[Si](C)(C)OCCCc1ccccc1. The molecule has 1 aromatic carbocycles. The van der Waals surface area contributed by atoms with Gasteiger partial charge in [0.1, 0.15) is 0 Å². The van der Waals surface area contributed by atoms with Crippen molar-refractivity contribution in [2.45, 2.75) is 58.7 Å². The zero-order chi connectivity index (χ0) is 14.5. The molecule has 1 aromatic rings. The second-order valence-electron chi connectivity index (χ2n) is 6.82. The molecular formula is C17H30OSi. The molecular weight excluding hydrogens is 248 g/mol. The van der Waals surface area contributed by atoms with Gasteiger partial charge in [-0.3, -0.25) is 0 Å². The lowest BCUT2D eigenvalue weighted by Crippen LogP contribution is -2.45. The van der Waals surface area contributed by atoms with E-state index in [2.05, 4.69) is 71.1 Å². The van der Waals surface area contributed by atoms with Gasteiger partial charge in [-0.15, -0.1) is 0 Å². The molecule has 0 aliphatic heterocycles. The molecule has 0 saturated heterocycles. The fourth-order valence-electron chi connectivity index (χ4n) is 2.13. The van der Waals surface area contributed by atoms with Crippen molar-refractivity contribution in [3.8, 4) is 0 Å². The van der Waals surface area contributed by atoms with Crippen LogP contribution in [-0.2, 0) is 10.8 Å². The molecule has 0 unspecified atom stereocenters. The van der Waals surface area contributed by atoms with E-state index in [1.165, 1.54) is 5.56 Å². The maximum absolute atomic E-state index is 6.32. The van der Waals surface area contributed by atoms with Crippen LogP contribution in [0.5, 0.6) is 0 Å². The zero-order valence-electron chi connectivity index (χ0n) is 13.5. The van der Waals surface area contributed by atoms with Gasteiger partial charge in [-0.25, -0.2) is 0 Å². The van der Waals surface area contributed by atoms with Gasteiger partial charge in [0, 0.05) is 6.61 Å². The van der Waals surface area contributed by atoms with Gasteiger partial charge in [-0.2, -0.15) is 0 Å². The molecule has 1 nitrogen and oxygen atoms in total. The standard InChI is InChI=1S/C17H30OSi/c1-15(2)17(3,4)19(5,6)18-14-10-13-16-11-8-7-9-12-16/h7-9,11-12,15H,10,13-14H2,1-6H3. The predicted molar refractivity (Wildman–Crippen MR) is 87.1 cm³/mol. The first-order valence-corrected chi connectivity index (χ1v) is 10.4. The molecule has 0 aromatic heterocycles. The second-order valence-corrected chi connectivity index (χ2v) is 11.4. The molecule has 0 saturated carbocycles. The molecule has 0 heterocycles. The number of benzene rings is 1. The van der Waals surface area contributed by atoms with E-state index in [1.54, 1.807) is 0 Å². The van der Waals surface area contributed by atoms with Crippen molar-refractivity contribution in [1.29, 1.82) is 0 Å². The lowest BCUT2D eigenvalue weighted by molar-refractivity contribution is 0.262. The number of hydrogen-bond acceptors (Lipinski definition) is 1. The fraction of sp³-hybridized carbons (Fsp3) is 0.647. The third-order valence-electron chi connectivity index (χ3n) is 4.91. The van der Waals surface area contributed by atoms with Crippen LogP contribution in [0.4, 0.5) is 0 Å². The van der Waals surface area contributed by atoms with Gasteiger partial charge < -0.3 is 4.43 Å². The lowest BCUT2D eigenvalue weighted by Gasteiger charge is -2.42. The third kappa shape index (κ3) is 4.46. The van der Waals surface area contributed by atoms with Crippen LogP contribution >= 0.6 is 0 Å². The minimum Gasteiger partial charge on any atom is -0.417 e. The number of hydrogen-bond donors (Lipinski definition) is 0. The van der Waals surface area contributed by atoms with Gasteiger partial charge >= 0.3 is 0 Å². The van der Waals surface area contributed by atoms with E-state index in [9.17, 15) is 0 Å². The molecule has 19 heavy (non-hydrogen) atoms. The van der Waals surface area contributed by atoms with Crippen LogP contribution in [0.1, 0.15) is 39.7 Å². The number of rotatable bonds is 7. The average Bonchev–Trinajstić information content (AvgIpc) is 2.35. The van der Waals surface area contributed by atoms with E-state index in [0.29, 0.717) is 11.0 Å². The minimum atomic E-state index is -1.63. The van der Waals surface area contributed by atoms with Crippen LogP contribution in [0.15, 0.2) is 30.3 Å². The molecule has 0 atom stereocenters. The first kappa shape index (κ1) is 16.5. The summed E-state index contributed by atoms with van der Waals surface area (Å²) in [5, 5.41) is 0.319. The lowest BCUT2D eigenvalue weighted by atomic mass is 9.99. The van der Waals surface area contributed by atoms with Crippen LogP contribution in [0.25, 0.3) is 0 Å². The topological polar surface area (TPSA) is 9.23 Å². The average molecular weight is 279 g/mol. The van der Waals surface area contributed by atoms with E-state index in [0.717, 1.165) is 19.4 Å². The van der Waals surface area contributed by atoms with Gasteiger partial charge in [0.25, 0.3) is 0 Å². The first-order valence-electron chi connectivity index (χ1n) is 7.45. The smallest absolute Gasteiger partial charge is 0.192 e. The Morgan fingerprint density at radius 1 is 1.11 bits per heavy atom. The quantitative estimate of drug-likeness (QED) is 0.487. The molecule has 0 N–H and O–H groups in total. The highest BCUT2D eigenvalue weighted by molar-refractivity contribution is 6.74. The molecule has 0 aliphatic carbocycles. The van der Waals surface area contributed by atoms with Crippen molar-refractivity contribution in [2.75, 3.05) is 6.61 Å². The first-order chi connectivity index (χ1) is 8.77. The van der Waals surface area contributed by atoms with Crippen molar-refractivity contribution >= 4 is 8.32 Å². The van der Waals surface area contributed by atoms with E-state index in [4.69, 9.17) is 4.43 Å². The Labute approximate surface area is 120 Å². The monoisotopic (exact) mass is 278 g/mol. The summed E-state index contributed by atoms with van der Waals surface area (Å²) in [6.45, 7) is 14.9. The molecule has 108 valence electrons. The van der Waals surface area contributed by atoms with E-state index < -0.39 is 8.32 Å². The van der Waals surface area contributed by atoms with Crippen LogP contribution in [-0.4, -0.2) is 14.9 Å². The summed E-state index contributed by atoms with van der Waals surface area (Å²) >= 11 is 0. The Kier molecular flexibility index (Phi) is 5.81. The summed E-state index contributed by atoms with van der Waals surface area (Å²) < 4.78 is 6.32. The van der Waals surface area contributed by atoms with E-state index in [-0.39, 0.29) is 0 Å². The molecule has 2 heteroatoms. The zero-order valence-corrected chi connectivity index (χ0v) is 14.5. The Morgan fingerprint density at radius 3 is 2.21 bits per heavy atom. The molecule has 0 aliphatic rings. The number of aryl methyl sites for hydroxylation is 1. The Bertz CT molecular complexity index is 368. The Balaban J connectivity index is 2.40. The van der Waals surface area contributed by atoms with Crippen LogP contribution in [0, 0.1) is 5.92 Å². The van der Waals surface area contributed by atoms with Gasteiger partial charge in [0.05, 0.1) is 0 Å². The molecule has 0 radical (unpaired) electrons. The van der Waals surface area contributed by atoms with Gasteiger partial charge in [0.15, 0.2) is 8.32 Å². The molecule has 1 rings (SSSR count). The van der Waals surface area contributed by atoms with Crippen molar-refractivity contribution in [2.24, 2.45) is 5.92 Å². The summed E-state index contributed by atoms with van der Waals surface area (Å²) in [5.41, 5.74) is 1.41. The van der Waals surface area contributed by atoms with Gasteiger partial charge in [0.2, 0.25) is 0 Å². The molecule has 0 bridgehead atoms. The summed E-state index contributed by atoms with van der Waals surface area (Å²) in [7, 11) is -1.63. The summed E-state index contributed by atoms with van der Waals surface area (Å²) in [4.78, 5) is 0. The molecule has 0 amide bonds. The molecule has 0 spiro atoms. The third-order valence-corrected chi connectivity index (χ3v) is 9.52. The van der Waals surface area contributed by atoms with Crippen LogP contribution in [0.2, 0.25) is 18.1 Å². The summed E-state index contributed by atoms with van der Waals surface area (Å²) in [6, 6.07) is 10.7. The second kappa shape index (κ2) is 6.71. The van der Waals surface area contributed by atoms with Crippen LogP contribution < -0.4 is 0 Å². The molecule has 0 fully saturated rings. The summed E-state index contributed by atoms with van der Waals surface area (Å²) in [6.07, 6.45) is 2.24. The van der Waals surface area contributed by atoms with E-state index >= 15 is 0 Å². The fourth-order valence-corrected chi connectivity index (χ4v) is 4.55. The maximum atomic E-state index is 6.32. The predicted octanol–water partition coefficient (Wildman–Crippen LogP) is 5.28. The van der Waals surface area contributed by atoms with Crippen molar-refractivity contribution in [3.63, 3.8) is 0 Å². The highest BCUT2D eigenvalue weighted by atomic mass is 28.4. The van der Waals surface area contributed by atoms with E-state index in [1.807, 2.05) is 0 Å². The van der Waals surface area contributed by atoms with Crippen LogP contribution in [0.3, 0.4) is 0 Å². The normalized spacial score (nSPS) is 13.0. The van der Waals surface area contributed by atoms with Crippen molar-refractivity contribution in [1.82, 2.24) is 0 Å². The maximum Gasteiger partial charge on any atom is 0.192 e. The van der Waals surface area contributed by atoms with Gasteiger partial charge in [-0.1, -0.05) is 58.0 Å². The highest BCUT2D eigenvalue weighted by Crippen LogP contribution is 2.44. The summed E-state index contributed by atoms with van der Waals surface area (Å²) in [5.74, 6) is 0.670. The van der Waals surface area contributed by atoms with Crippen molar-refractivity contribution in [3.05, 3.63) is 35.9 Å². The minimum absolute atomic E-state index is 0.319. The highest BCUT2D eigenvalue weighted by Gasteiger charge is 2.42. The Morgan fingerprint density at radius 2 is 1.68 bits per heavy atom. The largest absolute Gasteiger partial charge is 0.417 e. The Hall–Kier alpha value is -0.603. The van der Waals surface area contributed by atoms with Gasteiger partial charge in [-0.05, 0) is 42.5 Å².